The van der Waals surface area contributed by atoms with Gasteiger partial charge in [0.25, 0.3) is 0 Å². The third-order valence-electron chi connectivity index (χ3n) is 3.77. The highest BCUT2D eigenvalue weighted by atomic mass is 32.1. The molecule has 0 aliphatic carbocycles. The Morgan fingerprint density at radius 3 is 2.23 bits per heavy atom. The minimum absolute atomic E-state index is 0.183. The van der Waals surface area contributed by atoms with Crippen LogP contribution in [0.2, 0.25) is 0 Å². The number of hydrogen-bond donors (Lipinski definition) is 1. The van der Waals surface area contributed by atoms with Crippen molar-refractivity contribution < 1.29 is 19.4 Å². The third-order valence-corrected chi connectivity index (χ3v) is 4.82. The fraction of sp³-hybridized carbons (Fsp3) is 0.100. The second kappa shape index (κ2) is 7.84. The maximum Gasteiger partial charge on any atom is 0.512 e. The molecule has 26 heavy (non-hydrogen) atoms. The third kappa shape index (κ3) is 4.10. The van der Waals surface area contributed by atoms with Crippen LogP contribution in [0.4, 0.5) is 10.5 Å². The first-order valence-electron chi connectivity index (χ1n) is 7.96. The molecule has 0 aliphatic rings. The normalized spacial score (nSPS) is 10.3. The first kappa shape index (κ1) is 17.7. The molecule has 0 saturated carbocycles. The number of ether oxygens (including phenoxy) is 1. The highest BCUT2D eigenvalue weighted by molar-refractivity contribution is 7.18. The molecule has 0 aliphatic heterocycles. The van der Waals surface area contributed by atoms with E-state index >= 15 is 0 Å². The summed E-state index contributed by atoms with van der Waals surface area (Å²) >= 11 is 1.20. The van der Waals surface area contributed by atoms with Crippen molar-refractivity contribution in [3.8, 4) is 15.5 Å². The van der Waals surface area contributed by atoms with Crippen molar-refractivity contribution in [1.29, 1.82) is 0 Å². The van der Waals surface area contributed by atoms with Gasteiger partial charge in [-0.2, -0.15) is 0 Å². The Balaban J connectivity index is 2.03. The van der Waals surface area contributed by atoms with E-state index in [1.54, 1.807) is 6.07 Å². The summed E-state index contributed by atoms with van der Waals surface area (Å²) in [6.45, 7) is 1.78. The van der Waals surface area contributed by atoms with E-state index in [0.717, 1.165) is 16.0 Å². The van der Waals surface area contributed by atoms with E-state index in [-0.39, 0.29) is 11.0 Å². The molecule has 1 N–H and O–H groups in total. The number of carboxylic acid groups (broad SMARTS) is 1. The number of benzene rings is 2. The van der Waals surface area contributed by atoms with Crippen LogP contribution in [0.5, 0.6) is 5.06 Å². The van der Waals surface area contributed by atoms with Crippen molar-refractivity contribution in [1.82, 2.24) is 0 Å². The average Bonchev–Trinajstić information content (AvgIpc) is 3.04. The fourth-order valence-electron chi connectivity index (χ4n) is 2.58. The highest BCUT2D eigenvalue weighted by Crippen LogP contribution is 2.43. The molecule has 0 radical (unpaired) electrons. The number of carbonyl (C=O) groups excluding carboxylic acids is 1. The van der Waals surface area contributed by atoms with Crippen LogP contribution < -0.4 is 9.64 Å². The molecule has 0 spiro atoms. The SMILES string of the molecule is CC(=O)N(Cc1ccccc1)c1cc(-c2ccccc2)sc1OC(=O)O. The molecule has 0 bridgehead atoms. The van der Waals surface area contributed by atoms with Gasteiger partial charge in [0, 0.05) is 11.8 Å². The van der Waals surface area contributed by atoms with Crippen LogP contribution in [0.3, 0.4) is 0 Å². The lowest BCUT2D eigenvalue weighted by molar-refractivity contribution is -0.116. The molecule has 0 atom stereocenters. The molecule has 1 aromatic heterocycles. The minimum atomic E-state index is -1.41. The van der Waals surface area contributed by atoms with Gasteiger partial charge in [0.05, 0.1) is 12.2 Å². The van der Waals surface area contributed by atoms with E-state index in [1.165, 1.54) is 23.2 Å². The van der Waals surface area contributed by atoms with E-state index in [9.17, 15) is 9.59 Å². The van der Waals surface area contributed by atoms with Gasteiger partial charge in [-0.25, -0.2) is 4.79 Å². The predicted molar refractivity (Wildman–Crippen MR) is 102 cm³/mol. The number of hydrogen-bond acceptors (Lipinski definition) is 4. The van der Waals surface area contributed by atoms with E-state index in [2.05, 4.69) is 0 Å². The maximum atomic E-state index is 12.3. The number of rotatable bonds is 5. The second-order valence-electron chi connectivity index (χ2n) is 5.61. The lowest BCUT2D eigenvalue weighted by Gasteiger charge is -2.20. The second-order valence-corrected chi connectivity index (χ2v) is 6.62. The molecular formula is C20H17NO4S. The van der Waals surface area contributed by atoms with Crippen LogP contribution in [0.15, 0.2) is 66.7 Å². The van der Waals surface area contributed by atoms with Crippen LogP contribution in [0, 0.1) is 0 Å². The lowest BCUT2D eigenvalue weighted by Crippen LogP contribution is -2.28. The fourth-order valence-corrected chi connectivity index (χ4v) is 3.59. The Bertz CT molecular complexity index is 906. The summed E-state index contributed by atoms with van der Waals surface area (Å²) in [7, 11) is 0. The predicted octanol–water partition coefficient (Wildman–Crippen LogP) is 5.03. The molecule has 2 aromatic carbocycles. The van der Waals surface area contributed by atoms with Gasteiger partial charge in [0.15, 0.2) is 0 Å². The molecule has 3 aromatic rings. The van der Waals surface area contributed by atoms with Crippen LogP contribution in [0.25, 0.3) is 10.4 Å². The molecule has 132 valence electrons. The van der Waals surface area contributed by atoms with Crippen molar-refractivity contribution in [2.24, 2.45) is 0 Å². The van der Waals surface area contributed by atoms with Crippen molar-refractivity contribution in [2.75, 3.05) is 4.90 Å². The van der Waals surface area contributed by atoms with Gasteiger partial charge in [0.2, 0.25) is 11.0 Å². The number of amides is 1. The zero-order valence-corrected chi connectivity index (χ0v) is 14.9. The lowest BCUT2D eigenvalue weighted by atomic mass is 10.1. The summed E-state index contributed by atoms with van der Waals surface area (Å²) in [6, 6.07) is 20.9. The summed E-state index contributed by atoms with van der Waals surface area (Å²) in [6.07, 6.45) is -1.41. The van der Waals surface area contributed by atoms with Gasteiger partial charge in [-0.3, -0.25) is 4.79 Å². The molecule has 6 heteroatoms. The highest BCUT2D eigenvalue weighted by Gasteiger charge is 2.22. The van der Waals surface area contributed by atoms with Crippen molar-refractivity contribution in [3.63, 3.8) is 0 Å². The minimum Gasteiger partial charge on any atom is -0.449 e. The summed E-state index contributed by atoms with van der Waals surface area (Å²) in [5.74, 6) is -0.193. The number of nitrogens with zero attached hydrogens (tertiary/aromatic N) is 1. The van der Waals surface area contributed by atoms with Gasteiger partial charge >= 0.3 is 6.16 Å². The maximum absolute atomic E-state index is 12.3. The van der Waals surface area contributed by atoms with Crippen LogP contribution in [-0.4, -0.2) is 17.2 Å². The Morgan fingerprint density at radius 2 is 1.65 bits per heavy atom. The Hall–Kier alpha value is -3.12. The standard InChI is InChI=1S/C20H17NO4S/c1-14(22)21(13-15-8-4-2-5-9-15)17-12-18(16-10-6-3-7-11-16)26-19(17)25-20(23)24/h2-12H,13H2,1H3,(H,23,24). The molecule has 0 saturated heterocycles. The smallest absolute Gasteiger partial charge is 0.449 e. The monoisotopic (exact) mass is 367 g/mol. The number of thiophene rings is 1. The Labute approximate surface area is 155 Å². The molecule has 1 heterocycles. The van der Waals surface area contributed by atoms with Gasteiger partial charge < -0.3 is 14.7 Å². The number of carbonyl (C=O) groups is 2. The van der Waals surface area contributed by atoms with Gasteiger partial charge in [0.1, 0.15) is 0 Å². The molecule has 0 unspecified atom stereocenters. The van der Waals surface area contributed by atoms with E-state index in [4.69, 9.17) is 9.84 Å². The summed E-state index contributed by atoms with van der Waals surface area (Å²) in [4.78, 5) is 25.7. The molecule has 5 nitrogen and oxygen atoms in total. The van der Waals surface area contributed by atoms with Gasteiger partial charge in [-0.15, -0.1) is 0 Å². The Morgan fingerprint density at radius 1 is 1.04 bits per heavy atom. The largest absolute Gasteiger partial charge is 0.512 e. The summed E-state index contributed by atoms with van der Waals surface area (Å²) in [5.41, 5.74) is 2.33. The molecule has 3 rings (SSSR count). The van der Waals surface area contributed by atoms with Crippen LogP contribution >= 0.6 is 11.3 Å². The van der Waals surface area contributed by atoms with Crippen LogP contribution in [-0.2, 0) is 11.3 Å². The van der Waals surface area contributed by atoms with Gasteiger partial charge in [-0.1, -0.05) is 72.0 Å². The van der Waals surface area contributed by atoms with Crippen molar-refractivity contribution in [2.45, 2.75) is 13.5 Å². The number of anilines is 1. The molecular weight excluding hydrogens is 350 g/mol. The summed E-state index contributed by atoms with van der Waals surface area (Å²) in [5, 5.41) is 9.25. The van der Waals surface area contributed by atoms with Crippen molar-refractivity contribution >= 4 is 29.1 Å². The van der Waals surface area contributed by atoms with E-state index < -0.39 is 6.16 Å². The summed E-state index contributed by atoms with van der Waals surface area (Å²) < 4.78 is 4.96. The topological polar surface area (TPSA) is 66.8 Å². The Kier molecular flexibility index (Phi) is 5.34. The zero-order valence-electron chi connectivity index (χ0n) is 14.1. The van der Waals surface area contributed by atoms with Gasteiger partial charge in [-0.05, 0) is 17.2 Å². The molecule has 0 fully saturated rings. The quantitative estimate of drug-likeness (QED) is 0.643. The first-order valence-corrected chi connectivity index (χ1v) is 8.78. The zero-order chi connectivity index (χ0) is 18.5. The van der Waals surface area contributed by atoms with E-state index in [0.29, 0.717) is 12.2 Å². The van der Waals surface area contributed by atoms with Crippen LogP contribution in [0.1, 0.15) is 12.5 Å². The average molecular weight is 367 g/mol. The van der Waals surface area contributed by atoms with Crippen molar-refractivity contribution in [3.05, 3.63) is 72.3 Å². The first-order chi connectivity index (χ1) is 12.5. The van der Waals surface area contributed by atoms with E-state index in [1.807, 2.05) is 60.7 Å². The molecule has 1 amide bonds.